The van der Waals surface area contributed by atoms with Gasteiger partial charge in [-0.25, -0.2) is 13.8 Å². The quantitative estimate of drug-likeness (QED) is 0.843. The molecule has 0 fully saturated rings. The van der Waals surface area contributed by atoms with Crippen LogP contribution in [0, 0.1) is 11.6 Å². The van der Waals surface area contributed by atoms with Crippen LogP contribution in [-0.4, -0.2) is 10.9 Å². The monoisotopic (exact) mass is 330 g/mol. The van der Waals surface area contributed by atoms with Crippen molar-refractivity contribution < 1.29 is 13.6 Å². The van der Waals surface area contributed by atoms with Crippen LogP contribution in [0.25, 0.3) is 0 Å². The van der Waals surface area contributed by atoms with Gasteiger partial charge in [0.05, 0.1) is 10.7 Å². The van der Waals surface area contributed by atoms with Gasteiger partial charge in [-0.1, -0.05) is 30.1 Å². The molecule has 21 heavy (non-hydrogen) atoms. The van der Waals surface area contributed by atoms with Crippen LogP contribution in [0.5, 0.6) is 0 Å². The highest BCUT2D eigenvalue weighted by atomic mass is 35.5. The van der Waals surface area contributed by atoms with Gasteiger partial charge in [-0.05, 0) is 24.6 Å². The highest BCUT2D eigenvalue weighted by Gasteiger charge is 2.15. The number of nitrogens with zero attached hydrogens (tertiary/aromatic N) is 1. The van der Waals surface area contributed by atoms with Gasteiger partial charge in [-0.3, -0.25) is 4.79 Å². The van der Waals surface area contributed by atoms with Crippen molar-refractivity contribution in [2.24, 2.45) is 0 Å². The van der Waals surface area contributed by atoms with Gasteiger partial charge < -0.3 is 5.32 Å². The van der Waals surface area contributed by atoms with Crippen molar-refractivity contribution >= 4 is 34.8 Å². The Balaban J connectivity index is 2.32. The molecule has 0 aliphatic heterocycles. The van der Waals surface area contributed by atoms with Crippen LogP contribution in [0.3, 0.4) is 0 Å². The van der Waals surface area contributed by atoms with Crippen molar-refractivity contribution in [1.29, 1.82) is 0 Å². The van der Waals surface area contributed by atoms with Crippen LogP contribution < -0.4 is 5.32 Å². The number of aromatic nitrogens is 1. The average molecular weight is 331 g/mol. The second kappa shape index (κ2) is 6.37. The molecule has 0 aliphatic rings. The molecule has 1 N–H and O–H groups in total. The summed E-state index contributed by atoms with van der Waals surface area (Å²) in [6.45, 7) is 1.86. The first-order chi connectivity index (χ1) is 9.90. The SMILES string of the molecule is CCc1cc(C(=O)Nc2c(F)cc(F)cc2Cl)cc(Cl)n1. The summed E-state index contributed by atoms with van der Waals surface area (Å²) in [7, 11) is 0. The molecule has 1 heterocycles. The van der Waals surface area contributed by atoms with Crippen LogP contribution in [0.4, 0.5) is 14.5 Å². The first kappa shape index (κ1) is 15.7. The Morgan fingerprint density at radius 2 is 1.95 bits per heavy atom. The van der Waals surface area contributed by atoms with E-state index in [1.165, 1.54) is 12.1 Å². The minimum Gasteiger partial charge on any atom is -0.318 e. The molecule has 1 aromatic heterocycles. The van der Waals surface area contributed by atoms with Crippen molar-refractivity contribution in [2.75, 3.05) is 5.32 Å². The number of halogens is 4. The molecule has 0 unspecified atom stereocenters. The molecule has 0 spiro atoms. The largest absolute Gasteiger partial charge is 0.318 e. The molecule has 0 radical (unpaired) electrons. The van der Waals surface area contributed by atoms with Gasteiger partial charge in [0.15, 0.2) is 5.82 Å². The average Bonchev–Trinajstić information content (AvgIpc) is 2.41. The van der Waals surface area contributed by atoms with Crippen molar-refractivity contribution in [3.05, 3.63) is 57.3 Å². The maximum absolute atomic E-state index is 13.6. The molecule has 2 rings (SSSR count). The minimum atomic E-state index is -0.954. The van der Waals surface area contributed by atoms with Crippen LogP contribution in [0.1, 0.15) is 23.0 Å². The normalized spacial score (nSPS) is 10.5. The first-order valence-corrected chi connectivity index (χ1v) is 6.78. The van der Waals surface area contributed by atoms with Crippen LogP contribution in [-0.2, 0) is 6.42 Å². The van der Waals surface area contributed by atoms with Gasteiger partial charge in [0.1, 0.15) is 11.0 Å². The molecule has 1 aromatic carbocycles. The molecule has 3 nitrogen and oxygen atoms in total. The van der Waals surface area contributed by atoms with E-state index in [1.807, 2.05) is 6.92 Å². The van der Waals surface area contributed by atoms with Crippen molar-refractivity contribution in [2.45, 2.75) is 13.3 Å². The standard InChI is InChI=1S/C14H10Cl2F2N2O/c1-2-9-3-7(4-12(16)19-9)14(21)20-13-10(15)5-8(17)6-11(13)18/h3-6H,2H2,1H3,(H,20,21). The number of carbonyl (C=O) groups excluding carboxylic acids is 1. The number of amides is 1. The number of carbonyl (C=O) groups is 1. The van der Waals surface area contributed by atoms with Gasteiger partial charge in [-0.2, -0.15) is 0 Å². The summed E-state index contributed by atoms with van der Waals surface area (Å²) >= 11 is 11.5. The summed E-state index contributed by atoms with van der Waals surface area (Å²) in [4.78, 5) is 16.1. The van der Waals surface area contributed by atoms with Gasteiger partial charge in [0.25, 0.3) is 5.91 Å². The lowest BCUT2D eigenvalue weighted by atomic mass is 10.2. The van der Waals surface area contributed by atoms with E-state index in [9.17, 15) is 13.6 Å². The summed E-state index contributed by atoms with van der Waals surface area (Å²) in [6.07, 6.45) is 0.590. The molecule has 1 amide bonds. The van der Waals surface area contributed by atoms with Crippen LogP contribution in [0.15, 0.2) is 24.3 Å². The summed E-state index contributed by atoms with van der Waals surface area (Å²) in [5.41, 5.74) is 0.555. The molecule has 110 valence electrons. The van der Waals surface area contributed by atoms with E-state index in [2.05, 4.69) is 10.3 Å². The molecule has 2 aromatic rings. The Morgan fingerprint density at radius 3 is 2.57 bits per heavy atom. The summed E-state index contributed by atoms with van der Waals surface area (Å²) < 4.78 is 26.6. The Hall–Kier alpha value is -1.72. The Morgan fingerprint density at radius 1 is 1.24 bits per heavy atom. The number of rotatable bonds is 3. The molecule has 0 saturated carbocycles. The zero-order valence-electron chi connectivity index (χ0n) is 10.9. The number of hydrogen-bond acceptors (Lipinski definition) is 2. The van der Waals surface area contributed by atoms with Gasteiger partial charge in [-0.15, -0.1) is 0 Å². The number of nitrogens with one attached hydrogen (secondary N) is 1. The summed E-state index contributed by atoms with van der Waals surface area (Å²) in [5.74, 6) is -2.39. The zero-order valence-corrected chi connectivity index (χ0v) is 12.4. The fourth-order valence-electron chi connectivity index (χ4n) is 1.71. The maximum atomic E-state index is 13.6. The van der Waals surface area contributed by atoms with Gasteiger partial charge in [0, 0.05) is 17.3 Å². The summed E-state index contributed by atoms with van der Waals surface area (Å²) in [6, 6.07) is 4.44. The van der Waals surface area contributed by atoms with Gasteiger partial charge in [0.2, 0.25) is 0 Å². The molecule has 7 heteroatoms. The molecule has 0 atom stereocenters. The number of hydrogen-bond donors (Lipinski definition) is 1. The molecule has 0 bridgehead atoms. The van der Waals surface area contributed by atoms with E-state index in [0.717, 1.165) is 6.07 Å². The first-order valence-electron chi connectivity index (χ1n) is 6.03. The third-order valence-electron chi connectivity index (χ3n) is 2.72. The second-order valence-electron chi connectivity index (χ2n) is 4.22. The number of aryl methyl sites for hydroxylation is 1. The van der Waals surface area contributed by atoms with E-state index in [0.29, 0.717) is 18.2 Å². The summed E-state index contributed by atoms with van der Waals surface area (Å²) in [5, 5.41) is 2.23. The highest BCUT2D eigenvalue weighted by molar-refractivity contribution is 6.34. The Kier molecular flexibility index (Phi) is 4.75. The van der Waals surface area contributed by atoms with E-state index in [-0.39, 0.29) is 21.4 Å². The van der Waals surface area contributed by atoms with Crippen LogP contribution >= 0.6 is 23.2 Å². The third-order valence-corrected chi connectivity index (χ3v) is 3.21. The van der Waals surface area contributed by atoms with Gasteiger partial charge >= 0.3 is 0 Å². The van der Waals surface area contributed by atoms with Crippen LogP contribution in [0.2, 0.25) is 10.2 Å². The fourth-order valence-corrected chi connectivity index (χ4v) is 2.18. The number of pyridine rings is 1. The fraction of sp³-hybridized carbons (Fsp3) is 0.143. The predicted octanol–water partition coefficient (Wildman–Crippen LogP) is 4.48. The van der Waals surface area contributed by atoms with E-state index in [4.69, 9.17) is 23.2 Å². The zero-order chi connectivity index (χ0) is 15.6. The number of anilines is 1. The molecular formula is C14H10Cl2F2N2O. The van der Waals surface area contributed by atoms with E-state index in [1.54, 1.807) is 0 Å². The lowest BCUT2D eigenvalue weighted by Crippen LogP contribution is -2.14. The molecular weight excluding hydrogens is 321 g/mol. The van der Waals surface area contributed by atoms with Crippen molar-refractivity contribution in [1.82, 2.24) is 4.98 Å². The Labute approximate surface area is 129 Å². The second-order valence-corrected chi connectivity index (χ2v) is 5.02. The minimum absolute atomic E-state index is 0.158. The molecule has 0 aliphatic carbocycles. The lowest BCUT2D eigenvalue weighted by molar-refractivity contribution is 0.102. The van der Waals surface area contributed by atoms with Crippen molar-refractivity contribution in [3.8, 4) is 0 Å². The predicted molar refractivity (Wildman–Crippen MR) is 77.9 cm³/mol. The van der Waals surface area contributed by atoms with Crippen molar-refractivity contribution in [3.63, 3.8) is 0 Å². The third kappa shape index (κ3) is 3.68. The van der Waals surface area contributed by atoms with E-state index < -0.39 is 17.5 Å². The smallest absolute Gasteiger partial charge is 0.255 e. The molecule has 0 saturated heterocycles. The number of benzene rings is 1. The lowest BCUT2D eigenvalue weighted by Gasteiger charge is -2.09. The topological polar surface area (TPSA) is 42.0 Å². The maximum Gasteiger partial charge on any atom is 0.255 e. The highest BCUT2D eigenvalue weighted by Crippen LogP contribution is 2.27. The van der Waals surface area contributed by atoms with E-state index >= 15 is 0 Å². The Bertz CT molecular complexity index is 684.